The molecular weight excluding hydrogens is 438 g/mol. The van der Waals surface area contributed by atoms with Gasteiger partial charge in [0.2, 0.25) is 21.8 Å². The number of fused-ring (bicyclic) bond motifs is 2. The van der Waals surface area contributed by atoms with Crippen LogP contribution in [0.3, 0.4) is 0 Å². The number of carbonyl (C=O) groups excluding carboxylic acids is 2. The second-order valence-corrected chi connectivity index (χ2v) is 11.1. The lowest BCUT2D eigenvalue weighted by molar-refractivity contribution is -0.137. The van der Waals surface area contributed by atoms with E-state index in [0.29, 0.717) is 57.4 Å². The lowest BCUT2D eigenvalue weighted by atomic mass is 9.94. The minimum Gasteiger partial charge on any atom is -0.338 e. The first-order valence-electron chi connectivity index (χ1n) is 11.7. The lowest BCUT2D eigenvalue weighted by Crippen LogP contribution is -2.45. The number of anilines is 1. The normalized spacial score (nSPS) is 19.9. The zero-order chi connectivity index (χ0) is 23.0. The number of nitrogens with zero attached hydrogens (tertiary/aromatic N) is 2. The Morgan fingerprint density at radius 2 is 1.67 bits per heavy atom. The van der Waals surface area contributed by atoms with Crippen molar-refractivity contribution < 1.29 is 18.0 Å². The van der Waals surface area contributed by atoms with Gasteiger partial charge >= 0.3 is 0 Å². The van der Waals surface area contributed by atoms with Gasteiger partial charge in [0.25, 0.3) is 0 Å². The Morgan fingerprint density at radius 3 is 2.45 bits per heavy atom. The predicted molar refractivity (Wildman–Crippen MR) is 125 cm³/mol. The first-order valence-corrected chi connectivity index (χ1v) is 13.1. The van der Waals surface area contributed by atoms with E-state index >= 15 is 0 Å². The molecular formula is C25H29N3O4S. The summed E-state index contributed by atoms with van der Waals surface area (Å²) in [5.41, 5.74) is 4.07. The highest BCUT2D eigenvalue weighted by Crippen LogP contribution is 2.30. The molecule has 0 atom stereocenters. The number of amides is 2. The van der Waals surface area contributed by atoms with E-state index in [4.69, 9.17) is 0 Å². The molecule has 2 amide bonds. The van der Waals surface area contributed by atoms with Gasteiger partial charge in [0.1, 0.15) is 0 Å². The van der Waals surface area contributed by atoms with Crippen molar-refractivity contribution in [1.82, 2.24) is 9.21 Å². The second-order valence-electron chi connectivity index (χ2n) is 9.18. The first-order chi connectivity index (χ1) is 15.9. The molecule has 1 N–H and O–H groups in total. The van der Waals surface area contributed by atoms with E-state index in [1.807, 2.05) is 17.0 Å². The maximum atomic E-state index is 13.3. The van der Waals surface area contributed by atoms with Crippen molar-refractivity contribution in [2.45, 2.75) is 50.0 Å². The molecule has 3 aliphatic heterocycles. The SMILES string of the molecule is O=C1CCCc2cc(S(=O)(=O)N3CCC(C(=O)N4CCc5ccccc5C4)CC3)ccc2N1. The van der Waals surface area contributed by atoms with E-state index in [1.54, 1.807) is 18.2 Å². The molecule has 3 heterocycles. The molecule has 0 saturated carbocycles. The topological polar surface area (TPSA) is 86.8 Å². The molecule has 0 spiro atoms. The largest absolute Gasteiger partial charge is 0.338 e. The monoisotopic (exact) mass is 467 g/mol. The lowest BCUT2D eigenvalue weighted by Gasteiger charge is -2.35. The fourth-order valence-electron chi connectivity index (χ4n) is 5.15. The molecule has 7 nitrogen and oxygen atoms in total. The molecule has 0 aliphatic carbocycles. The van der Waals surface area contributed by atoms with Crippen molar-refractivity contribution in [3.05, 3.63) is 59.2 Å². The van der Waals surface area contributed by atoms with E-state index in [-0.39, 0.29) is 22.6 Å². The van der Waals surface area contributed by atoms with E-state index < -0.39 is 10.0 Å². The fourth-order valence-corrected chi connectivity index (χ4v) is 6.67. The molecule has 2 aromatic rings. The average molecular weight is 468 g/mol. The number of hydrogen-bond donors (Lipinski definition) is 1. The third kappa shape index (κ3) is 4.42. The van der Waals surface area contributed by atoms with Gasteiger partial charge in [-0.05, 0) is 67.0 Å². The van der Waals surface area contributed by atoms with Crippen LogP contribution in [0, 0.1) is 5.92 Å². The van der Waals surface area contributed by atoms with Crippen LogP contribution < -0.4 is 5.32 Å². The average Bonchev–Trinajstić information content (AvgIpc) is 3.03. The fraction of sp³-hybridized carbons (Fsp3) is 0.440. The van der Waals surface area contributed by atoms with Gasteiger partial charge in [0.05, 0.1) is 4.90 Å². The summed E-state index contributed by atoms with van der Waals surface area (Å²) in [7, 11) is -3.64. The summed E-state index contributed by atoms with van der Waals surface area (Å²) in [4.78, 5) is 27.1. The smallest absolute Gasteiger partial charge is 0.243 e. The minimum absolute atomic E-state index is 0.0340. The van der Waals surface area contributed by atoms with Gasteiger partial charge in [-0.3, -0.25) is 9.59 Å². The van der Waals surface area contributed by atoms with Crippen LogP contribution in [0.1, 0.15) is 42.4 Å². The van der Waals surface area contributed by atoms with Gasteiger partial charge < -0.3 is 10.2 Å². The summed E-state index contributed by atoms with van der Waals surface area (Å²) in [6, 6.07) is 13.2. The molecule has 2 aromatic carbocycles. The van der Waals surface area contributed by atoms with Crippen LogP contribution in [0.5, 0.6) is 0 Å². The van der Waals surface area contributed by atoms with Crippen molar-refractivity contribution in [3.8, 4) is 0 Å². The number of aryl methyl sites for hydroxylation is 1. The van der Waals surface area contributed by atoms with Gasteiger partial charge in [0.15, 0.2) is 0 Å². The van der Waals surface area contributed by atoms with Crippen LogP contribution in [-0.4, -0.2) is 49.1 Å². The summed E-state index contributed by atoms with van der Waals surface area (Å²) < 4.78 is 28.1. The third-order valence-corrected chi connectivity index (χ3v) is 8.98. The Kier molecular flexibility index (Phi) is 5.97. The molecule has 8 heteroatoms. The highest BCUT2D eigenvalue weighted by atomic mass is 32.2. The Bertz CT molecular complexity index is 1190. The Labute approximate surface area is 194 Å². The Balaban J connectivity index is 1.24. The van der Waals surface area contributed by atoms with Gasteiger partial charge in [0, 0.05) is 44.2 Å². The van der Waals surface area contributed by atoms with Crippen molar-refractivity contribution >= 4 is 27.5 Å². The standard InChI is InChI=1S/C25H29N3O4S/c29-24-7-3-6-20-16-22(8-9-23(20)26-24)33(31,32)28-14-11-19(12-15-28)25(30)27-13-10-18-4-1-2-5-21(18)17-27/h1-2,4-5,8-9,16,19H,3,6-7,10-15,17H2,(H,26,29). The van der Waals surface area contributed by atoms with Gasteiger partial charge in [-0.2, -0.15) is 4.31 Å². The van der Waals surface area contributed by atoms with Gasteiger partial charge in [-0.1, -0.05) is 24.3 Å². The molecule has 174 valence electrons. The van der Waals surface area contributed by atoms with Crippen molar-refractivity contribution in [1.29, 1.82) is 0 Å². The van der Waals surface area contributed by atoms with Crippen LogP contribution in [0.2, 0.25) is 0 Å². The summed E-state index contributed by atoms with van der Waals surface area (Å²) in [6.45, 7) is 2.05. The number of nitrogens with one attached hydrogen (secondary N) is 1. The van der Waals surface area contributed by atoms with Crippen molar-refractivity contribution in [3.63, 3.8) is 0 Å². The van der Waals surface area contributed by atoms with Crippen LogP contribution in [0.15, 0.2) is 47.4 Å². The molecule has 5 rings (SSSR count). The first kappa shape index (κ1) is 22.1. The maximum absolute atomic E-state index is 13.3. The number of sulfonamides is 1. The molecule has 0 aromatic heterocycles. The van der Waals surface area contributed by atoms with Gasteiger partial charge in [-0.15, -0.1) is 0 Å². The molecule has 3 aliphatic rings. The molecule has 1 fully saturated rings. The molecule has 0 unspecified atom stereocenters. The van der Waals surface area contributed by atoms with Gasteiger partial charge in [-0.25, -0.2) is 8.42 Å². The summed E-state index contributed by atoms with van der Waals surface area (Å²) >= 11 is 0. The van der Waals surface area contributed by atoms with E-state index in [0.717, 1.165) is 18.5 Å². The van der Waals surface area contributed by atoms with E-state index in [1.165, 1.54) is 15.4 Å². The molecule has 1 saturated heterocycles. The highest BCUT2D eigenvalue weighted by Gasteiger charge is 2.35. The van der Waals surface area contributed by atoms with E-state index in [9.17, 15) is 18.0 Å². The summed E-state index contributed by atoms with van der Waals surface area (Å²) in [5, 5.41) is 2.85. The second kappa shape index (κ2) is 8.91. The molecule has 33 heavy (non-hydrogen) atoms. The summed E-state index contributed by atoms with van der Waals surface area (Å²) in [5.74, 6) is -0.0282. The van der Waals surface area contributed by atoms with Crippen LogP contribution in [0.4, 0.5) is 5.69 Å². The maximum Gasteiger partial charge on any atom is 0.243 e. The quantitative estimate of drug-likeness (QED) is 0.752. The van der Waals surface area contributed by atoms with Crippen molar-refractivity contribution in [2.24, 2.45) is 5.92 Å². The molecule has 0 radical (unpaired) electrons. The number of piperidine rings is 1. The van der Waals surface area contributed by atoms with Crippen LogP contribution in [0.25, 0.3) is 0 Å². The number of benzene rings is 2. The molecule has 0 bridgehead atoms. The Hall–Kier alpha value is -2.71. The van der Waals surface area contributed by atoms with E-state index in [2.05, 4.69) is 17.4 Å². The number of carbonyl (C=O) groups is 2. The van der Waals surface area contributed by atoms with Crippen molar-refractivity contribution in [2.75, 3.05) is 25.0 Å². The number of hydrogen-bond acceptors (Lipinski definition) is 4. The summed E-state index contributed by atoms with van der Waals surface area (Å²) in [6.07, 6.45) is 3.77. The number of rotatable bonds is 3. The minimum atomic E-state index is -3.64. The predicted octanol–water partition coefficient (Wildman–Crippen LogP) is 2.95. The zero-order valence-corrected chi connectivity index (χ0v) is 19.4. The zero-order valence-electron chi connectivity index (χ0n) is 18.6. The third-order valence-electron chi connectivity index (χ3n) is 7.08. The van der Waals surface area contributed by atoms with Crippen LogP contribution >= 0.6 is 0 Å². The highest BCUT2D eigenvalue weighted by molar-refractivity contribution is 7.89. The Morgan fingerprint density at radius 1 is 0.909 bits per heavy atom. The van der Waals surface area contributed by atoms with Crippen LogP contribution in [-0.2, 0) is 39.0 Å².